The van der Waals surface area contributed by atoms with Crippen LogP contribution in [0, 0.1) is 0 Å². The fourth-order valence-corrected chi connectivity index (χ4v) is 2.96. The standard InChI is InChI=1S/C17H38NO.HI/c1-4-7-10-14-18(13-9-6-3,16-12-17-19)15-11-8-5-2;/h19H,4-17H2,1-3H3;1H/q+1;/p-1. The van der Waals surface area contributed by atoms with Gasteiger partial charge in [0.2, 0.25) is 0 Å². The summed E-state index contributed by atoms with van der Waals surface area (Å²) in [4.78, 5) is 0. The molecule has 0 amide bonds. The van der Waals surface area contributed by atoms with Crippen molar-refractivity contribution in [1.82, 2.24) is 0 Å². The van der Waals surface area contributed by atoms with E-state index in [1.807, 2.05) is 0 Å². The molecule has 3 heteroatoms. The van der Waals surface area contributed by atoms with Crippen LogP contribution in [0.5, 0.6) is 0 Å². The van der Waals surface area contributed by atoms with Gasteiger partial charge in [0, 0.05) is 13.0 Å². The minimum atomic E-state index is 0. The topological polar surface area (TPSA) is 20.2 Å². The molecule has 0 heterocycles. The zero-order valence-electron chi connectivity index (χ0n) is 14.2. The number of rotatable bonds is 14. The molecule has 0 saturated heterocycles. The molecule has 20 heavy (non-hydrogen) atoms. The highest BCUT2D eigenvalue weighted by Gasteiger charge is 2.25. The van der Waals surface area contributed by atoms with Gasteiger partial charge in [-0.1, -0.05) is 40.0 Å². The third-order valence-corrected chi connectivity index (χ3v) is 4.25. The van der Waals surface area contributed by atoms with Crippen LogP contribution in [0.3, 0.4) is 0 Å². The first-order valence-electron chi connectivity index (χ1n) is 8.70. The van der Waals surface area contributed by atoms with E-state index in [1.54, 1.807) is 0 Å². The summed E-state index contributed by atoms with van der Waals surface area (Å²) in [6.45, 7) is 12.4. The molecule has 2 nitrogen and oxygen atoms in total. The number of nitrogens with zero attached hydrogens (tertiary/aromatic N) is 1. The van der Waals surface area contributed by atoms with E-state index in [1.165, 1.54) is 82.0 Å². The largest absolute Gasteiger partial charge is 1.00 e. The summed E-state index contributed by atoms with van der Waals surface area (Å²) in [5.74, 6) is 0. The minimum Gasteiger partial charge on any atom is -1.00 e. The van der Waals surface area contributed by atoms with Gasteiger partial charge in [-0.2, -0.15) is 0 Å². The van der Waals surface area contributed by atoms with Gasteiger partial charge in [-0.05, 0) is 32.1 Å². The Labute approximate surface area is 144 Å². The van der Waals surface area contributed by atoms with E-state index in [2.05, 4.69) is 20.8 Å². The second kappa shape index (κ2) is 16.0. The number of aliphatic hydroxyl groups excluding tert-OH is 1. The number of hydrogen-bond donors (Lipinski definition) is 1. The van der Waals surface area contributed by atoms with Crippen LogP contribution < -0.4 is 24.0 Å². The van der Waals surface area contributed by atoms with Gasteiger partial charge in [-0.25, -0.2) is 0 Å². The molecule has 0 bridgehead atoms. The number of aliphatic hydroxyl groups is 1. The lowest BCUT2D eigenvalue weighted by Gasteiger charge is -2.39. The number of halogens is 1. The van der Waals surface area contributed by atoms with E-state index >= 15 is 0 Å². The number of unbranched alkanes of at least 4 members (excludes halogenated alkanes) is 5. The van der Waals surface area contributed by atoms with Crippen LogP contribution in [-0.4, -0.2) is 42.4 Å². The van der Waals surface area contributed by atoms with Crippen molar-refractivity contribution < 1.29 is 33.6 Å². The Morgan fingerprint density at radius 3 is 1.40 bits per heavy atom. The molecule has 0 spiro atoms. The molecule has 0 radical (unpaired) electrons. The summed E-state index contributed by atoms with van der Waals surface area (Å²) in [6.07, 6.45) is 11.7. The fourth-order valence-electron chi connectivity index (χ4n) is 2.96. The molecule has 0 unspecified atom stereocenters. The molecule has 1 N–H and O–H groups in total. The first-order valence-corrected chi connectivity index (χ1v) is 8.70. The van der Waals surface area contributed by atoms with E-state index in [0.717, 1.165) is 6.42 Å². The molecular weight excluding hydrogens is 361 g/mol. The molecule has 0 aliphatic rings. The average molecular weight is 399 g/mol. The first-order chi connectivity index (χ1) is 9.24. The molecule has 0 aromatic heterocycles. The molecule has 0 fully saturated rings. The van der Waals surface area contributed by atoms with Gasteiger partial charge in [-0.3, -0.25) is 0 Å². The Bertz CT molecular complexity index is 168. The quantitative estimate of drug-likeness (QED) is 0.266. The van der Waals surface area contributed by atoms with Crippen molar-refractivity contribution in [3.63, 3.8) is 0 Å². The van der Waals surface area contributed by atoms with Gasteiger partial charge >= 0.3 is 0 Å². The van der Waals surface area contributed by atoms with E-state index in [9.17, 15) is 5.11 Å². The normalized spacial score (nSPS) is 11.4. The fraction of sp³-hybridized carbons (Fsp3) is 1.00. The van der Waals surface area contributed by atoms with Crippen LogP contribution in [0.15, 0.2) is 0 Å². The van der Waals surface area contributed by atoms with Gasteiger partial charge < -0.3 is 33.6 Å². The summed E-state index contributed by atoms with van der Waals surface area (Å²) in [6, 6.07) is 0. The van der Waals surface area contributed by atoms with Crippen molar-refractivity contribution in [3.05, 3.63) is 0 Å². The van der Waals surface area contributed by atoms with Crippen molar-refractivity contribution in [2.24, 2.45) is 0 Å². The second-order valence-electron chi connectivity index (χ2n) is 6.08. The smallest absolute Gasteiger partial charge is 0.0808 e. The summed E-state index contributed by atoms with van der Waals surface area (Å²) in [5.41, 5.74) is 0. The van der Waals surface area contributed by atoms with Crippen LogP contribution in [0.25, 0.3) is 0 Å². The van der Waals surface area contributed by atoms with Crippen LogP contribution in [0.1, 0.15) is 78.6 Å². The summed E-state index contributed by atoms with van der Waals surface area (Å²) in [7, 11) is 0. The third-order valence-electron chi connectivity index (χ3n) is 4.25. The van der Waals surface area contributed by atoms with Crippen molar-refractivity contribution in [1.29, 1.82) is 0 Å². The van der Waals surface area contributed by atoms with Gasteiger partial charge in [0.1, 0.15) is 0 Å². The lowest BCUT2D eigenvalue weighted by Crippen LogP contribution is -3.00. The summed E-state index contributed by atoms with van der Waals surface area (Å²) in [5, 5.41) is 9.19. The SMILES string of the molecule is CCCCC[N+](CCCC)(CCCO)CCCCC.[I-]. The van der Waals surface area contributed by atoms with Crippen molar-refractivity contribution in [2.45, 2.75) is 78.6 Å². The van der Waals surface area contributed by atoms with E-state index in [4.69, 9.17) is 0 Å². The molecule has 0 saturated carbocycles. The van der Waals surface area contributed by atoms with Crippen LogP contribution >= 0.6 is 0 Å². The van der Waals surface area contributed by atoms with E-state index in [-0.39, 0.29) is 24.0 Å². The third kappa shape index (κ3) is 11.3. The highest BCUT2D eigenvalue weighted by molar-refractivity contribution is 4.50. The Kier molecular flexibility index (Phi) is 18.4. The van der Waals surface area contributed by atoms with Gasteiger partial charge in [0.25, 0.3) is 0 Å². The zero-order chi connectivity index (χ0) is 14.4. The number of quaternary nitrogens is 1. The molecule has 0 aliphatic heterocycles. The molecule has 0 aliphatic carbocycles. The Morgan fingerprint density at radius 2 is 1.00 bits per heavy atom. The average Bonchev–Trinajstić information content (AvgIpc) is 2.43. The maximum Gasteiger partial charge on any atom is 0.0808 e. The lowest BCUT2D eigenvalue weighted by molar-refractivity contribution is -0.929. The molecule has 0 aromatic rings. The van der Waals surface area contributed by atoms with Crippen molar-refractivity contribution in [2.75, 3.05) is 32.8 Å². The van der Waals surface area contributed by atoms with Gasteiger partial charge in [0.15, 0.2) is 0 Å². The van der Waals surface area contributed by atoms with Crippen molar-refractivity contribution in [3.8, 4) is 0 Å². The Morgan fingerprint density at radius 1 is 0.600 bits per heavy atom. The summed E-state index contributed by atoms with van der Waals surface area (Å²) < 4.78 is 1.27. The maximum atomic E-state index is 9.19. The highest BCUT2D eigenvalue weighted by Crippen LogP contribution is 2.16. The molecule has 0 atom stereocenters. The molecule has 0 rings (SSSR count). The second-order valence-corrected chi connectivity index (χ2v) is 6.08. The summed E-state index contributed by atoms with van der Waals surface area (Å²) >= 11 is 0. The monoisotopic (exact) mass is 399 g/mol. The molecule has 0 aromatic carbocycles. The minimum absolute atomic E-state index is 0. The Hall–Kier alpha value is 0.650. The van der Waals surface area contributed by atoms with Gasteiger partial charge in [-0.15, -0.1) is 0 Å². The van der Waals surface area contributed by atoms with Gasteiger partial charge in [0.05, 0.1) is 26.2 Å². The zero-order valence-corrected chi connectivity index (χ0v) is 16.3. The van der Waals surface area contributed by atoms with E-state index in [0.29, 0.717) is 6.61 Å². The highest BCUT2D eigenvalue weighted by atomic mass is 127. The predicted molar refractivity (Wildman–Crippen MR) is 85.4 cm³/mol. The van der Waals surface area contributed by atoms with Crippen molar-refractivity contribution >= 4 is 0 Å². The first kappa shape index (κ1) is 22.9. The maximum absolute atomic E-state index is 9.19. The Balaban J connectivity index is 0. The molecule has 124 valence electrons. The predicted octanol–water partition coefficient (Wildman–Crippen LogP) is 1.37. The van der Waals surface area contributed by atoms with Crippen LogP contribution in [-0.2, 0) is 0 Å². The van der Waals surface area contributed by atoms with Crippen LogP contribution in [0.4, 0.5) is 0 Å². The lowest BCUT2D eigenvalue weighted by atomic mass is 10.1. The molecular formula is C17H38INO. The van der Waals surface area contributed by atoms with Crippen LogP contribution in [0.2, 0.25) is 0 Å². The van der Waals surface area contributed by atoms with E-state index < -0.39 is 0 Å². The number of hydrogen-bond acceptors (Lipinski definition) is 1.